The fourth-order valence-corrected chi connectivity index (χ4v) is 2.72. The van der Waals surface area contributed by atoms with Gasteiger partial charge in [0.05, 0.1) is 18.0 Å². The van der Waals surface area contributed by atoms with Gasteiger partial charge in [0.25, 0.3) is 5.56 Å². The molecule has 0 bridgehead atoms. The van der Waals surface area contributed by atoms with Gasteiger partial charge in [-0.05, 0) is 49.7 Å². The minimum absolute atomic E-state index is 0.0753. The molecule has 0 spiro atoms. The van der Waals surface area contributed by atoms with Gasteiger partial charge >= 0.3 is 0 Å². The number of nitrogens with zero attached hydrogens (tertiary/aromatic N) is 3. The maximum atomic E-state index is 12.8. The van der Waals surface area contributed by atoms with Crippen molar-refractivity contribution >= 4 is 11.9 Å². The number of phenols is 1. The number of phenolic OH excluding ortho intramolecular Hbond substituents is 1. The third-order valence-corrected chi connectivity index (χ3v) is 4.15. The Labute approximate surface area is 151 Å². The third kappa shape index (κ3) is 3.26. The Kier molecular flexibility index (Phi) is 4.93. The highest BCUT2D eigenvalue weighted by molar-refractivity contribution is 5.83. The monoisotopic (exact) mass is 351 g/mol. The average molecular weight is 351 g/mol. The Morgan fingerprint density at radius 3 is 2.62 bits per heavy atom. The van der Waals surface area contributed by atoms with Crippen molar-refractivity contribution in [3.63, 3.8) is 0 Å². The van der Waals surface area contributed by atoms with Crippen LogP contribution < -0.4 is 10.3 Å². The molecule has 0 radical (unpaired) electrons. The van der Waals surface area contributed by atoms with Gasteiger partial charge in [-0.2, -0.15) is 0 Å². The van der Waals surface area contributed by atoms with E-state index in [1.807, 2.05) is 51.2 Å². The molecule has 0 saturated heterocycles. The highest BCUT2D eigenvalue weighted by Crippen LogP contribution is 2.26. The fraction of sp³-hybridized carbons (Fsp3) is 0.200. The van der Waals surface area contributed by atoms with Gasteiger partial charge in [0.15, 0.2) is 17.2 Å². The van der Waals surface area contributed by atoms with Crippen molar-refractivity contribution in [2.75, 3.05) is 6.61 Å². The molecule has 0 amide bonds. The third-order valence-electron chi connectivity index (χ3n) is 4.15. The van der Waals surface area contributed by atoms with Crippen molar-refractivity contribution in [3.8, 4) is 17.2 Å². The molecule has 0 fully saturated rings. The first-order valence-corrected chi connectivity index (χ1v) is 8.36. The van der Waals surface area contributed by atoms with Crippen LogP contribution in [-0.2, 0) is 7.05 Å². The molecule has 0 aliphatic heterocycles. The Morgan fingerprint density at radius 2 is 1.92 bits per heavy atom. The molecular formula is C20H21N3O3. The first-order valence-electron chi connectivity index (χ1n) is 8.36. The number of para-hydroxylation sites is 1. The van der Waals surface area contributed by atoms with Crippen LogP contribution in [0, 0.1) is 6.92 Å². The average Bonchev–Trinajstić information content (AvgIpc) is 2.86. The van der Waals surface area contributed by atoms with Gasteiger partial charge in [0, 0.05) is 13.3 Å². The number of aromatic hydroxyl groups is 1. The lowest BCUT2D eigenvalue weighted by Crippen LogP contribution is -2.19. The van der Waals surface area contributed by atoms with Crippen LogP contribution >= 0.6 is 0 Å². The maximum absolute atomic E-state index is 12.8. The predicted molar refractivity (Wildman–Crippen MR) is 102 cm³/mol. The summed E-state index contributed by atoms with van der Waals surface area (Å²) in [6.07, 6.45) is 1.60. The Morgan fingerprint density at radius 1 is 1.19 bits per heavy atom. The van der Waals surface area contributed by atoms with Crippen molar-refractivity contribution < 1.29 is 9.84 Å². The van der Waals surface area contributed by atoms with Gasteiger partial charge in [-0.15, -0.1) is 0 Å². The van der Waals surface area contributed by atoms with Gasteiger partial charge in [0.2, 0.25) is 0 Å². The number of aromatic nitrogens is 2. The van der Waals surface area contributed by atoms with E-state index in [2.05, 4.69) is 4.99 Å². The summed E-state index contributed by atoms with van der Waals surface area (Å²) >= 11 is 0. The standard InChI is InChI=1S/C20H21N3O3/c1-4-26-18-12-15(10-11-17(18)24)13-21-19-14(2)22(3)23(20(19)25)16-8-6-5-7-9-16/h5-13,24H,4H2,1-3H3. The zero-order valence-corrected chi connectivity index (χ0v) is 15.0. The van der Waals surface area contributed by atoms with Crippen LogP contribution in [-0.4, -0.2) is 27.3 Å². The van der Waals surface area contributed by atoms with Crippen molar-refractivity contribution in [2.24, 2.45) is 12.0 Å². The van der Waals surface area contributed by atoms with E-state index >= 15 is 0 Å². The van der Waals surface area contributed by atoms with Gasteiger partial charge in [-0.25, -0.2) is 9.67 Å². The summed E-state index contributed by atoms with van der Waals surface area (Å²) in [6.45, 7) is 4.16. The molecule has 2 aromatic carbocycles. The summed E-state index contributed by atoms with van der Waals surface area (Å²) < 4.78 is 8.75. The fourth-order valence-electron chi connectivity index (χ4n) is 2.72. The molecule has 6 heteroatoms. The Bertz CT molecular complexity index is 1000. The molecule has 6 nitrogen and oxygen atoms in total. The lowest BCUT2D eigenvalue weighted by molar-refractivity contribution is 0.318. The molecule has 0 aliphatic rings. The highest BCUT2D eigenvalue weighted by atomic mass is 16.5. The van der Waals surface area contributed by atoms with Gasteiger partial charge in [0.1, 0.15) is 0 Å². The van der Waals surface area contributed by atoms with Crippen molar-refractivity contribution in [2.45, 2.75) is 13.8 Å². The Balaban J connectivity index is 2.00. The van der Waals surface area contributed by atoms with E-state index in [0.717, 1.165) is 16.9 Å². The van der Waals surface area contributed by atoms with Crippen LogP contribution in [0.2, 0.25) is 0 Å². The summed E-state index contributed by atoms with van der Waals surface area (Å²) in [5, 5.41) is 9.78. The topological polar surface area (TPSA) is 68.8 Å². The minimum Gasteiger partial charge on any atom is -0.504 e. The molecule has 26 heavy (non-hydrogen) atoms. The molecule has 1 aromatic heterocycles. The number of hydrogen-bond donors (Lipinski definition) is 1. The summed E-state index contributed by atoms with van der Waals surface area (Å²) in [6, 6.07) is 14.4. The molecule has 134 valence electrons. The summed E-state index contributed by atoms with van der Waals surface area (Å²) in [4.78, 5) is 17.2. The Hall–Kier alpha value is -3.28. The number of ether oxygens (including phenoxy) is 1. The van der Waals surface area contributed by atoms with Crippen LogP contribution in [0.15, 0.2) is 58.3 Å². The molecule has 1 N–H and O–H groups in total. The van der Waals surface area contributed by atoms with Crippen LogP contribution in [0.3, 0.4) is 0 Å². The molecule has 0 atom stereocenters. The first kappa shape index (κ1) is 17.5. The zero-order valence-electron chi connectivity index (χ0n) is 15.0. The molecule has 3 rings (SSSR count). The minimum atomic E-state index is -0.184. The lowest BCUT2D eigenvalue weighted by atomic mass is 10.2. The summed E-state index contributed by atoms with van der Waals surface area (Å²) in [5.41, 5.74) is 2.48. The quantitative estimate of drug-likeness (QED) is 0.717. The van der Waals surface area contributed by atoms with Crippen molar-refractivity contribution in [1.82, 2.24) is 9.36 Å². The number of rotatable bonds is 5. The van der Waals surface area contributed by atoms with E-state index in [4.69, 9.17) is 4.74 Å². The zero-order chi connectivity index (χ0) is 18.7. The second-order valence-corrected chi connectivity index (χ2v) is 5.83. The van der Waals surface area contributed by atoms with E-state index in [-0.39, 0.29) is 11.3 Å². The van der Waals surface area contributed by atoms with E-state index in [9.17, 15) is 9.90 Å². The number of benzene rings is 2. The normalized spacial score (nSPS) is 11.2. The molecule has 3 aromatic rings. The van der Waals surface area contributed by atoms with E-state index < -0.39 is 0 Å². The molecule has 0 unspecified atom stereocenters. The van der Waals surface area contributed by atoms with E-state index in [0.29, 0.717) is 18.0 Å². The number of aliphatic imine (C=N–C) groups is 1. The second-order valence-electron chi connectivity index (χ2n) is 5.83. The predicted octanol–water partition coefficient (Wildman–Crippen LogP) is 3.34. The molecule has 0 saturated carbocycles. The lowest BCUT2D eigenvalue weighted by Gasteiger charge is -2.07. The van der Waals surface area contributed by atoms with Gasteiger partial charge < -0.3 is 9.84 Å². The van der Waals surface area contributed by atoms with Gasteiger partial charge in [-0.3, -0.25) is 9.48 Å². The van der Waals surface area contributed by atoms with Crippen LogP contribution in [0.25, 0.3) is 5.69 Å². The first-order chi connectivity index (χ1) is 12.5. The second kappa shape index (κ2) is 7.31. The SMILES string of the molecule is CCOc1cc(C=Nc2c(C)n(C)n(-c3ccccc3)c2=O)ccc1O. The van der Waals surface area contributed by atoms with Gasteiger partial charge in [-0.1, -0.05) is 18.2 Å². The summed E-state index contributed by atoms with van der Waals surface area (Å²) in [5.74, 6) is 0.467. The van der Waals surface area contributed by atoms with Crippen molar-refractivity contribution in [1.29, 1.82) is 0 Å². The largest absolute Gasteiger partial charge is 0.504 e. The maximum Gasteiger partial charge on any atom is 0.297 e. The number of hydrogen-bond acceptors (Lipinski definition) is 4. The summed E-state index contributed by atoms with van der Waals surface area (Å²) in [7, 11) is 1.83. The van der Waals surface area contributed by atoms with Crippen LogP contribution in [0.4, 0.5) is 5.69 Å². The molecule has 0 aliphatic carbocycles. The molecular weight excluding hydrogens is 330 g/mol. The smallest absolute Gasteiger partial charge is 0.297 e. The van der Waals surface area contributed by atoms with Crippen molar-refractivity contribution in [3.05, 3.63) is 70.1 Å². The van der Waals surface area contributed by atoms with Crippen LogP contribution in [0.1, 0.15) is 18.2 Å². The van der Waals surface area contributed by atoms with E-state index in [1.54, 1.807) is 33.8 Å². The molecule has 1 heterocycles. The van der Waals surface area contributed by atoms with Crippen LogP contribution in [0.5, 0.6) is 11.5 Å². The highest BCUT2D eigenvalue weighted by Gasteiger charge is 2.15. The van der Waals surface area contributed by atoms with E-state index in [1.165, 1.54) is 0 Å².